The van der Waals surface area contributed by atoms with Crippen molar-refractivity contribution in [2.24, 2.45) is 0 Å². The standard InChI is InChI=1S/C16H24N2O.ClH/c1-2-16(19)18-13-11-17(12-14-18)10-6-9-15-7-4-3-5-8-15;/h3-5,7-8H,2,6,9-14H2,1H3;1H. The zero-order valence-electron chi connectivity index (χ0n) is 12.3. The maximum absolute atomic E-state index is 11.6. The number of halogens is 1. The second kappa shape index (κ2) is 8.98. The minimum atomic E-state index is 0. The zero-order chi connectivity index (χ0) is 13.5. The van der Waals surface area contributed by atoms with Crippen molar-refractivity contribution in [3.8, 4) is 0 Å². The van der Waals surface area contributed by atoms with E-state index in [-0.39, 0.29) is 12.4 Å². The zero-order valence-corrected chi connectivity index (χ0v) is 13.1. The molecule has 1 aliphatic rings. The van der Waals surface area contributed by atoms with Crippen LogP contribution in [-0.4, -0.2) is 48.4 Å². The van der Waals surface area contributed by atoms with Crippen LogP contribution < -0.4 is 0 Å². The summed E-state index contributed by atoms with van der Waals surface area (Å²) in [4.78, 5) is 16.0. The van der Waals surface area contributed by atoms with Gasteiger partial charge in [-0.15, -0.1) is 12.4 Å². The summed E-state index contributed by atoms with van der Waals surface area (Å²) < 4.78 is 0. The molecule has 0 radical (unpaired) electrons. The number of hydrogen-bond donors (Lipinski definition) is 0. The summed E-state index contributed by atoms with van der Waals surface area (Å²) in [6, 6.07) is 10.7. The Balaban J connectivity index is 0.00000200. The highest BCUT2D eigenvalue weighted by molar-refractivity contribution is 5.85. The van der Waals surface area contributed by atoms with Gasteiger partial charge in [0, 0.05) is 32.6 Å². The minimum Gasteiger partial charge on any atom is -0.340 e. The van der Waals surface area contributed by atoms with Crippen LogP contribution >= 0.6 is 12.4 Å². The van der Waals surface area contributed by atoms with E-state index in [9.17, 15) is 4.79 Å². The highest BCUT2D eigenvalue weighted by Gasteiger charge is 2.19. The van der Waals surface area contributed by atoms with Gasteiger partial charge in [-0.1, -0.05) is 37.3 Å². The number of aryl methyl sites for hydroxylation is 1. The first-order valence-corrected chi connectivity index (χ1v) is 7.33. The summed E-state index contributed by atoms with van der Waals surface area (Å²) >= 11 is 0. The van der Waals surface area contributed by atoms with Gasteiger partial charge in [0.2, 0.25) is 5.91 Å². The van der Waals surface area contributed by atoms with E-state index in [1.54, 1.807) is 0 Å². The average Bonchev–Trinajstić information content (AvgIpc) is 2.48. The Morgan fingerprint density at radius 2 is 1.75 bits per heavy atom. The number of carbonyl (C=O) groups excluding carboxylic acids is 1. The van der Waals surface area contributed by atoms with Gasteiger partial charge in [-0.2, -0.15) is 0 Å². The van der Waals surface area contributed by atoms with Crippen molar-refractivity contribution in [3.05, 3.63) is 35.9 Å². The molecule has 0 atom stereocenters. The molecule has 0 spiro atoms. The Morgan fingerprint density at radius 3 is 2.35 bits per heavy atom. The maximum Gasteiger partial charge on any atom is 0.222 e. The second-order valence-electron chi connectivity index (χ2n) is 5.17. The van der Waals surface area contributed by atoms with E-state index in [1.807, 2.05) is 11.8 Å². The van der Waals surface area contributed by atoms with Gasteiger partial charge in [-0.25, -0.2) is 0 Å². The van der Waals surface area contributed by atoms with Gasteiger partial charge in [-0.05, 0) is 24.9 Å². The summed E-state index contributed by atoms with van der Waals surface area (Å²) in [5.74, 6) is 0.295. The first-order valence-electron chi connectivity index (χ1n) is 7.33. The van der Waals surface area contributed by atoms with Crippen molar-refractivity contribution in [1.29, 1.82) is 0 Å². The predicted octanol–water partition coefficient (Wildman–Crippen LogP) is 2.60. The Labute approximate surface area is 128 Å². The molecule has 0 unspecified atom stereocenters. The molecule has 1 amide bonds. The third kappa shape index (κ3) is 5.14. The molecule has 3 nitrogen and oxygen atoms in total. The summed E-state index contributed by atoms with van der Waals surface area (Å²) in [6.45, 7) is 6.94. The van der Waals surface area contributed by atoms with Crippen LogP contribution in [0, 0.1) is 0 Å². The minimum absolute atomic E-state index is 0. The molecular weight excluding hydrogens is 272 g/mol. The van der Waals surface area contributed by atoms with E-state index in [2.05, 4.69) is 35.2 Å². The lowest BCUT2D eigenvalue weighted by Crippen LogP contribution is -2.48. The number of amides is 1. The van der Waals surface area contributed by atoms with Crippen molar-refractivity contribution >= 4 is 18.3 Å². The Bertz CT molecular complexity index is 389. The Kier molecular flexibility index (Phi) is 7.63. The van der Waals surface area contributed by atoms with Gasteiger partial charge >= 0.3 is 0 Å². The van der Waals surface area contributed by atoms with E-state index in [1.165, 1.54) is 12.0 Å². The average molecular weight is 297 g/mol. The Morgan fingerprint density at radius 1 is 1.10 bits per heavy atom. The fraction of sp³-hybridized carbons (Fsp3) is 0.562. The topological polar surface area (TPSA) is 23.6 Å². The first kappa shape index (κ1) is 17.0. The molecule has 1 aliphatic heterocycles. The highest BCUT2D eigenvalue weighted by Crippen LogP contribution is 2.07. The summed E-state index contributed by atoms with van der Waals surface area (Å²) in [5, 5.41) is 0. The van der Waals surface area contributed by atoms with Gasteiger partial charge in [0.05, 0.1) is 0 Å². The molecule has 0 aromatic heterocycles. The van der Waals surface area contributed by atoms with E-state index in [0.717, 1.165) is 39.1 Å². The molecule has 0 aliphatic carbocycles. The fourth-order valence-corrected chi connectivity index (χ4v) is 2.60. The van der Waals surface area contributed by atoms with Crippen LogP contribution in [0.25, 0.3) is 0 Å². The van der Waals surface area contributed by atoms with Crippen LogP contribution in [0.5, 0.6) is 0 Å². The van der Waals surface area contributed by atoms with E-state index < -0.39 is 0 Å². The fourth-order valence-electron chi connectivity index (χ4n) is 2.60. The third-order valence-electron chi connectivity index (χ3n) is 3.81. The smallest absolute Gasteiger partial charge is 0.222 e. The molecule has 0 bridgehead atoms. The quantitative estimate of drug-likeness (QED) is 0.834. The van der Waals surface area contributed by atoms with Crippen molar-refractivity contribution in [2.45, 2.75) is 26.2 Å². The number of nitrogens with zero attached hydrogens (tertiary/aromatic N) is 2. The number of hydrogen-bond acceptors (Lipinski definition) is 2. The van der Waals surface area contributed by atoms with Gasteiger partial charge in [-0.3, -0.25) is 9.69 Å². The van der Waals surface area contributed by atoms with Gasteiger partial charge in [0.25, 0.3) is 0 Å². The summed E-state index contributed by atoms with van der Waals surface area (Å²) in [7, 11) is 0. The Hall–Kier alpha value is -1.06. The SMILES string of the molecule is CCC(=O)N1CCN(CCCc2ccccc2)CC1.Cl. The largest absolute Gasteiger partial charge is 0.340 e. The molecule has 0 N–H and O–H groups in total. The number of rotatable bonds is 5. The molecule has 1 fully saturated rings. The number of piperazine rings is 1. The summed E-state index contributed by atoms with van der Waals surface area (Å²) in [5.41, 5.74) is 1.42. The molecular formula is C16H25ClN2O. The lowest BCUT2D eigenvalue weighted by Gasteiger charge is -2.34. The van der Waals surface area contributed by atoms with Gasteiger partial charge in [0.15, 0.2) is 0 Å². The summed E-state index contributed by atoms with van der Waals surface area (Å²) in [6.07, 6.45) is 2.98. The van der Waals surface area contributed by atoms with Gasteiger partial charge in [0.1, 0.15) is 0 Å². The number of carbonyl (C=O) groups is 1. The predicted molar refractivity (Wildman–Crippen MR) is 85.3 cm³/mol. The molecule has 1 heterocycles. The number of benzene rings is 1. The van der Waals surface area contributed by atoms with Crippen molar-refractivity contribution < 1.29 is 4.79 Å². The maximum atomic E-state index is 11.6. The van der Waals surface area contributed by atoms with Crippen molar-refractivity contribution in [3.63, 3.8) is 0 Å². The van der Waals surface area contributed by atoms with Crippen LogP contribution in [0.2, 0.25) is 0 Å². The molecule has 112 valence electrons. The second-order valence-corrected chi connectivity index (χ2v) is 5.17. The monoisotopic (exact) mass is 296 g/mol. The van der Waals surface area contributed by atoms with Crippen LogP contribution in [0.15, 0.2) is 30.3 Å². The van der Waals surface area contributed by atoms with Gasteiger partial charge < -0.3 is 4.90 Å². The molecule has 1 saturated heterocycles. The molecule has 20 heavy (non-hydrogen) atoms. The van der Waals surface area contributed by atoms with Crippen LogP contribution in [0.4, 0.5) is 0 Å². The van der Waals surface area contributed by atoms with Crippen molar-refractivity contribution in [2.75, 3.05) is 32.7 Å². The normalized spacial score (nSPS) is 15.8. The molecule has 0 saturated carbocycles. The van der Waals surface area contributed by atoms with Crippen LogP contribution in [0.1, 0.15) is 25.3 Å². The van der Waals surface area contributed by atoms with E-state index in [0.29, 0.717) is 12.3 Å². The molecule has 1 aromatic carbocycles. The molecule has 4 heteroatoms. The molecule has 2 rings (SSSR count). The lowest BCUT2D eigenvalue weighted by atomic mass is 10.1. The van der Waals surface area contributed by atoms with Crippen LogP contribution in [-0.2, 0) is 11.2 Å². The molecule has 1 aromatic rings. The van der Waals surface area contributed by atoms with E-state index >= 15 is 0 Å². The highest BCUT2D eigenvalue weighted by atomic mass is 35.5. The first-order chi connectivity index (χ1) is 9.29. The van der Waals surface area contributed by atoms with Crippen LogP contribution in [0.3, 0.4) is 0 Å². The lowest BCUT2D eigenvalue weighted by molar-refractivity contribution is -0.132. The third-order valence-corrected chi connectivity index (χ3v) is 3.81. The van der Waals surface area contributed by atoms with Crippen molar-refractivity contribution in [1.82, 2.24) is 9.80 Å². The van der Waals surface area contributed by atoms with E-state index in [4.69, 9.17) is 0 Å².